The Morgan fingerprint density at radius 1 is 1.15 bits per heavy atom. The van der Waals surface area contributed by atoms with Crippen LogP contribution in [0.5, 0.6) is 0 Å². The summed E-state index contributed by atoms with van der Waals surface area (Å²) in [6.45, 7) is 3.86. The van der Waals surface area contributed by atoms with Crippen LogP contribution in [0.15, 0.2) is 47.8 Å². The molecule has 3 nitrogen and oxygen atoms in total. The molecule has 3 N–H and O–H groups in total. The lowest BCUT2D eigenvalue weighted by Crippen LogP contribution is -2.36. The third-order valence-corrected chi connectivity index (χ3v) is 4.52. The standard InChI is InChI=1S/C16H20N2OS/c1-11(15(17)13-7-4-3-5-8-13)16(19)18-12(2)14-9-6-10-20-14/h3-12,15H,17H2,1-2H3,(H,18,19)/t11?,12-,15?/m1/s1. The minimum absolute atomic E-state index is 0.0118. The Bertz CT molecular complexity index is 539. The Labute approximate surface area is 123 Å². The maximum absolute atomic E-state index is 12.3. The van der Waals surface area contributed by atoms with Gasteiger partial charge in [-0.25, -0.2) is 0 Å². The zero-order valence-corrected chi connectivity index (χ0v) is 12.6. The van der Waals surface area contributed by atoms with Gasteiger partial charge in [-0.15, -0.1) is 11.3 Å². The molecule has 2 aromatic rings. The quantitative estimate of drug-likeness (QED) is 0.887. The predicted octanol–water partition coefficient (Wildman–Crippen LogP) is 3.26. The smallest absolute Gasteiger partial charge is 0.225 e. The van der Waals surface area contributed by atoms with Crippen LogP contribution in [0.25, 0.3) is 0 Å². The van der Waals surface area contributed by atoms with Crippen molar-refractivity contribution in [2.45, 2.75) is 25.9 Å². The van der Waals surface area contributed by atoms with Crippen molar-refractivity contribution in [1.82, 2.24) is 5.32 Å². The largest absolute Gasteiger partial charge is 0.348 e. The van der Waals surface area contributed by atoms with Crippen LogP contribution >= 0.6 is 11.3 Å². The van der Waals surface area contributed by atoms with Gasteiger partial charge < -0.3 is 11.1 Å². The number of amides is 1. The summed E-state index contributed by atoms with van der Waals surface area (Å²) in [5.41, 5.74) is 7.16. The molecule has 20 heavy (non-hydrogen) atoms. The fourth-order valence-corrected chi connectivity index (χ4v) is 2.82. The maximum Gasteiger partial charge on any atom is 0.225 e. The van der Waals surface area contributed by atoms with E-state index in [0.717, 1.165) is 10.4 Å². The normalized spacial score (nSPS) is 15.3. The summed E-state index contributed by atoms with van der Waals surface area (Å²) in [5.74, 6) is -0.276. The highest BCUT2D eigenvalue weighted by molar-refractivity contribution is 7.10. The van der Waals surface area contributed by atoms with Gasteiger partial charge in [-0.1, -0.05) is 43.3 Å². The van der Waals surface area contributed by atoms with E-state index in [9.17, 15) is 4.79 Å². The van der Waals surface area contributed by atoms with Gasteiger partial charge in [-0.3, -0.25) is 4.79 Å². The van der Waals surface area contributed by atoms with Crippen LogP contribution in [0.1, 0.15) is 36.4 Å². The average Bonchev–Trinajstić information content (AvgIpc) is 3.01. The molecule has 1 heterocycles. The minimum atomic E-state index is -0.285. The van der Waals surface area contributed by atoms with Gasteiger partial charge in [0.25, 0.3) is 0 Å². The lowest BCUT2D eigenvalue weighted by molar-refractivity contribution is -0.125. The van der Waals surface area contributed by atoms with Crippen LogP contribution in [0, 0.1) is 5.92 Å². The molecular formula is C16H20N2OS. The van der Waals surface area contributed by atoms with Crippen LogP contribution in [-0.2, 0) is 4.79 Å². The molecule has 0 aliphatic rings. The van der Waals surface area contributed by atoms with Gasteiger partial charge in [0.2, 0.25) is 5.91 Å². The van der Waals surface area contributed by atoms with Crippen molar-refractivity contribution in [3.05, 3.63) is 58.3 Å². The maximum atomic E-state index is 12.3. The van der Waals surface area contributed by atoms with Gasteiger partial charge in [-0.2, -0.15) is 0 Å². The average molecular weight is 288 g/mol. The highest BCUT2D eigenvalue weighted by Gasteiger charge is 2.23. The monoisotopic (exact) mass is 288 g/mol. The fraction of sp³-hybridized carbons (Fsp3) is 0.312. The topological polar surface area (TPSA) is 55.1 Å². The third-order valence-electron chi connectivity index (χ3n) is 3.47. The summed E-state index contributed by atoms with van der Waals surface area (Å²) in [4.78, 5) is 13.4. The Hall–Kier alpha value is -1.65. The molecule has 2 rings (SSSR count). The lowest BCUT2D eigenvalue weighted by atomic mass is 9.94. The van der Waals surface area contributed by atoms with Gasteiger partial charge in [-0.05, 0) is 23.9 Å². The molecule has 0 fully saturated rings. The summed E-state index contributed by atoms with van der Waals surface area (Å²) in [5, 5.41) is 5.04. The van der Waals surface area contributed by atoms with Crippen molar-refractivity contribution in [2.24, 2.45) is 11.7 Å². The van der Waals surface area contributed by atoms with Crippen LogP contribution in [0.3, 0.4) is 0 Å². The van der Waals surface area contributed by atoms with E-state index in [0.29, 0.717) is 0 Å². The Balaban J connectivity index is 1.98. The second-order valence-corrected chi connectivity index (χ2v) is 5.95. The summed E-state index contributed by atoms with van der Waals surface area (Å²) in [6, 6.07) is 13.5. The van der Waals surface area contributed by atoms with E-state index in [4.69, 9.17) is 5.73 Å². The molecule has 0 bridgehead atoms. The number of carbonyl (C=O) groups excluding carboxylic acids is 1. The SMILES string of the molecule is CC(C(=O)N[C@H](C)c1cccs1)C(N)c1ccccc1. The van der Waals surface area contributed by atoms with Crippen LogP contribution < -0.4 is 11.1 Å². The summed E-state index contributed by atoms with van der Waals surface area (Å²) < 4.78 is 0. The molecule has 106 valence electrons. The first-order valence-electron chi connectivity index (χ1n) is 6.74. The fourth-order valence-electron chi connectivity index (χ4n) is 2.08. The zero-order chi connectivity index (χ0) is 14.5. The Morgan fingerprint density at radius 3 is 2.45 bits per heavy atom. The molecule has 1 aromatic carbocycles. The number of benzene rings is 1. The van der Waals surface area contributed by atoms with E-state index in [1.54, 1.807) is 11.3 Å². The van der Waals surface area contributed by atoms with E-state index in [1.165, 1.54) is 0 Å². The number of hydrogen-bond donors (Lipinski definition) is 2. The second kappa shape index (κ2) is 6.68. The molecule has 3 atom stereocenters. The van der Waals surface area contributed by atoms with E-state index in [1.807, 2.05) is 61.7 Å². The molecule has 2 unspecified atom stereocenters. The van der Waals surface area contributed by atoms with Gasteiger partial charge in [0, 0.05) is 10.9 Å². The first kappa shape index (κ1) is 14.8. The van der Waals surface area contributed by atoms with Gasteiger partial charge in [0.1, 0.15) is 0 Å². The van der Waals surface area contributed by atoms with Crippen LogP contribution in [0.4, 0.5) is 0 Å². The predicted molar refractivity (Wildman–Crippen MR) is 83.4 cm³/mol. The molecule has 0 aliphatic heterocycles. The van der Waals surface area contributed by atoms with Crippen LogP contribution in [-0.4, -0.2) is 5.91 Å². The molecule has 0 saturated carbocycles. The number of nitrogens with one attached hydrogen (secondary N) is 1. The molecule has 0 aliphatic carbocycles. The summed E-state index contributed by atoms with van der Waals surface area (Å²) in [7, 11) is 0. The van der Waals surface area contributed by atoms with Crippen molar-refractivity contribution in [1.29, 1.82) is 0 Å². The number of nitrogens with two attached hydrogens (primary N) is 1. The van der Waals surface area contributed by atoms with Crippen molar-refractivity contribution < 1.29 is 4.79 Å². The van der Waals surface area contributed by atoms with Gasteiger partial charge in [0.15, 0.2) is 0 Å². The molecule has 0 saturated heterocycles. The molecule has 1 amide bonds. The summed E-state index contributed by atoms with van der Waals surface area (Å²) in [6.07, 6.45) is 0. The van der Waals surface area contributed by atoms with Crippen LogP contribution in [0.2, 0.25) is 0 Å². The number of rotatable bonds is 5. The lowest BCUT2D eigenvalue weighted by Gasteiger charge is -2.22. The number of hydrogen-bond acceptors (Lipinski definition) is 3. The highest BCUT2D eigenvalue weighted by atomic mass is 32.1. The first-order valence-corrected chi connectivity index (χ1v) is 7.62. The molecule has 4 heteroatoms. The van der Waals surface area contributed by atoms with Gasteiger partial charge in [0.05, 0.1) is 12.0 Å². The third kappa shape index (κ3) is 3.46. The second-order valence-electron chi connectivity index (χ2n) is 4.97. The Kier molecular flexibility index (Phi) is 4.93. The van der Waals surface area contributed by atoms with E-state index in [2.05, 4.69) is 5.32 Å². The minimum Gasteiger partial charge on any atom is -0.348 e. The van der Waals surface area contributed by atoms with Crippen molar-refractivity contribution >= 4 is 17.2 Å². The highest BCUT2D eigenvalue weighted by Crippen LogP contribution is 2.22. The van der Waals surface area contributed by atoms with E-state index in [-0.39, 0.29) is 23.9 Å². The van der Waals surface area contributed by atoms with E-state index < -0.39 is 0 Å². The molecule has 0 spiro atoms. The number of carbonyl (C=O) groups is 1. The van der Waals surface area contributed by atoms with E-state index >= 15 is 0 Å². The van der Waals surface area contributed by atoms with Crippen molar-refractivity contribution in [3.63, 3.8) is 0 Å². The zero-order valence-electron chi connectivity index (χ0n) is 11.7. The number of thiophene rings is 1. The molecule has 0 radical (unpaired) electrons. The molecule has 1 aromatic heterocycles. The Morgan fingerprint density at radius 2 is 1.85 bits per heavy atom. The van der Waals surface area contributed by atoms with Crippen molar-refractivity contribution in [2.75, 3.05) is 0 Å². The van der Waals surface area contributed by atoms with Gasteiger partial charge >= 0.3 is 0 Å². The van der Waals surface area contributed by atoms with Crippen molar-refractivity contribution in [3.8, 4) is 0 Å². The first-order chi connectivity index (χ1) is 9.59. The molecular weight excluding hydrogens is 268 g/mol. The summed E-state index contributed by atoms with van der Waals surface area (Å²) >= 11 is 1.64.